The largest absolute Gasteiger partial charge is 0.540 e. The summed E-state index contributed by atoms with van der Waals surface area (Å²) < 4.78 is 31.3. The Morgan fingerprint density at radius 3 is 1.23 bits per heavy atom. The highest BCUT2D eigenvalue weighted by molar-refractivity contribution is 9.11. The summed E-state index contributed by atoms with van der Waals surface area (Å²) in [4.78, 5) is 80.1. The van der Waals surface area contributed by atoms with Gasteiger partial charge in [-0.15, -0.1) is 0 Å². The zero-order valence-electron chi connectivity index (χ0n) is 51.1. The molecule has 23 heteroatoms. The Balaban J connectivity index is 0.000000264. The van der Waals surface area contributed by atoms with Crippen molar-refractivity contribution >= 4 is 99.9 Å². The average molecular weight is 1350 g/mol. The van der Waals surface area contributed by atoms with Gasteiger partial charge in [0.15, 0.2) is 51.8 Å². The molecule has 3 heterocycles. The molecule has 444 valence electrons. The first-order valence-corrected chi connectivity index (χ1v) is 34.2. The third-order valence-corrected chi connectivity index (χ3v) is 26.2. The second kappa shape index (κ2) is 25.9. The Kier molecular flexibility index (Phi) is 21.7. The SMILES string of the molecule is COc1cc(C2C(C(C)=O)=C(C)N(C)C(=O)N2C)cc(Br)c1O.COc1cc(C2C(C(C)=O)=C(C)N(C)C(=O)N2C)cc(Br)c1O[Si](C)(C)C(C)(C)C.COc1cc(C2NC(=O)NC(C)=C2C(C)=O)cc(Br)c1O[Si](C)(C)C(C)(C)C. The molecule has 3 aliphatic heterocycles. The number of phenolic OH excluding ortho intramolecular Hbond substituents is 1. The number of rotatable bonds is 13. The molecule has 0 fully saturated rings. The van der Waals surface area contributed by atoms with Crippen molar-refractivity contribution in [2.75, 3.05) is 49.5 Å². The molecule has 3 aliphatic rings. The van der Waals surface area contributed by atoms with E-state index >= 15 is 0 Å². The predicted molar refractivity (Wildman–Crippen MR) is 331 cm³/mol. The lowest BCUT2D eigenvalue weighted by Gasteiger charge is -2.40. The Bertz CT molecular complexity index is 3110. The Hall–Kier alpha value is -5.63. The van der Waals surface area contributed by atoms with Gasteiger partial charge in [0, 0.05) is 62.0 Å². The zero-order valence-corrected chi connectivity index (χ0v) is 57.8. The summed E-state index contributed by atoms with van der Waals surface area (Å²) in [5.41, 5.74) is 5.69. The number of ketones is 3. The second-order valence-corrected chi connectivity index (χ2v) is 35.3. The van der Waals surface area contributed by atoms with Crippen molar-refractivity contribution < 1.29 is 56.9 Å². The number of ether oxygens (including phenoxy) is 3. The molecule has 18 nitrogen and oxygen atoms in total. The molecular formula is C58H81Br3N6O12Si2. The number of nitrogens with zero attached hydrogens (tertiary/aromatic N) is 4. The van der Waals surface area contributed by atoms with Gasteiger partial charge in [0.2, 0.25) is 0 Å². The summed E-state index contributed by atoms with van der Waals surface area (Å²) >= 11 is 10.5. The van der Waals surface area contributed by atoms with E-state index in [-0.39, 0.29) is 57.0 Å². The molecule has 0 aliphatic carbocycles. The van der Waals surface area contributed by atoms with Crippen LogP contribution in [0.5, 0.6) is 34.5 Å². The van der Waals surface area contributed by atoms with Gasteiger partial charge in [-0.1, -0.05) is 41.5 Å². The standard InChI is InChI=1S/C22H33BrN2O4Si.C20H29BrN2O4Si.C16H19BrN2O4/c1-13-18(14(2)26)19(25(7)21(27)24(13)6)15-11-16(23)20(17(12-15)28-8)29-30(9,10)22(3,4)5;1-11-16(12(2)24)17(23-19(25)22-11)13-9-14(21)18(15(10-13)26-6)27-28(7,8)20(3,4)5;1-8-13(9(2)20)14(19(4)16(22)18(8)3)10-6-11(17)15(21)12(7-10)23-5/h11-12,19H,1-10H3;9-10,17H,1-8H3,(H2,22,23,25);6-7,14,21H,1-5H3. The number of hydrogen-bond donors (Lipinski definition) is 3. The summed E-state index contributed by atoms with van der Waals surface area (Å²) in [6.45, 7) is 31.5. The number of benzene rings is 3. The summed E-state index contributed by atoms with van der Waals surface area (Å²) in [5.74, 6) is 2.39. The highest BCUT2D eigenvalue weighted by atomic mass is 79.9. The number of amides is 6. The average Bonchev–Trinajstić information content (AvgIpc) is 3.35. The maximum absolute atomic E-state index is 12.7. The fraction of sp³-hybridized carbons (Fsp3) is 0.483. The number of aromatic hydroxyl groups is 1. The molecule has 3 unspecified atom stereocenters. The first-order chi connectivity index (χ1) is 37.1. The van der Waals surface area contributed by atoms with Gasteiger partial charge < -0.3 is 58.4 Å². The molecule has 0 saturated carbocycles. The van der Waals surface area contributed by atoms with Gasteiger partial charge >= 0.3 is 18.1 Å². The van der Waals surface area contributed by atoms with E-state index in [1.165, 1.54) is 42.6 Å². The van der Waals surface area contributed by atoms with E-state index in [0.29, 0.717) is 66.8 Å². The number of phenols is 1. The van der Waals surface area contributed by atoms with Crippen molar-refractivity contribution in [2.45, 2.75) is 137 Å². The number of likely N-dealkylation sites (N-methyl/N-ethyl adjacent to an activating group) is 2. The van der Waals surface area contributed by atoms with Crippen LogP contribution in [0.4, 0.5) is 14.4 Å². The van der Waals surface area contributed by atoms with E-state index in [4.69, 9.17) is 23.1 Å². The number of carbonyl (C=O) groups excluding carboxylic acids is 6. The van der Waals surface area contributed by atoms with Gasteiger partial charge in [-0.05, 0) is 179 Å². The third-order valence-electron chi connectivity index (χ3n) is 15.8. The van der Waals surface area contributed by atoms with Crippen LogP contribution in [0.25, 0.3) is 0 Å². The number of halogens is 3. The van der Waals surface area contributed by atoms with Crippen LogP contribution in [0, 0.1) is 0 Å². The highest BCUT2D eigenvalue weighted by Crippen LogP contribution is 2.49. The minimum Gasteiger partial charge on any atom is -0.540 e. The van der Waals surface area contributed by atoms with Crippen molar-refractivity contribution in [3.8, 4) is 34.5 Å². The van der Waals surface area contributed by atoms with Crippen molar-refractivity contribution in [2.24, 2.45) is 0 Å². The second-order valence-electron chi connectivity index (χ2n) is 23.3. The van der Waals surface area contributed by atoms with E-state index in [1.807, 2.05) is 24.3 Å². The van der Waals surface area contributed by atoms with E-state index < -0.39 is 34.8 Å². The number of carbonyl (C=O) groups is 6. The van der Waals surface area contributed by atoms with Gasteiger partial charge in [-0.2, -0.15) is 0 Å². The maximum Gasteiger partial charge on any atom is 0.324 e. The fourth-order valence-corrected chi connectivity index (χ4v) is 12.8. The minimum atomic E-state index is -2.10. The van der Waals surface area contributed by atoms with Crippen molar-refractivity contribution in [1.82, 2.24) is 30.2 Å². The van der Waals surface area contributed by atoms with Gasteiger partial charge in [-0.25, -0.2) is 14.4 Å². The van der Waals surface area contributed by atoms with Crippen molar-refractivity contribution in [3.05, 3.63) is 100 Å². The van der Waals surface area contributed by atoms with Gasteiger partial charge in [0.1, 0.15) is 0 Å². The smallest absolute Gasteiger partial charge is 0.324 e. The lowest BCUT2D eigenvalue weighted by atomic mass is 9.91. The Labute approximate surface area is 505 Å². The molecule has 0 spiro atoms. The minimum absolute atomic E-state index is 0.0248. The summed E-state index contributed by atoms with van der Waals surface area (Å²) in [7, 11) is 7.11. The molecule has 0 saturated heterocycles. The quantitative estimate of drug-likeness (QED) is 0.137. The molecule has 3 aromatic carbocycles. The maximum atomic E-state index is 12.7. The monoisotopic (exact) mass is 1350 g/mol. The van der Waals surface area contributed by atoms with Crippen molar-refractivity contribution in [3.63, 3.8) is 0 Å². The topological polar surface area (TPSA) is 206 Å². The lowest BCUT2D eigenvalue weighted by molar-refractivity contribution is -0.115. The number of methoxy groups -OCH3 is 3. The van der Waals surface area contributed by atoms with Gasteiger partial charge in [0.05, 0.1) is 52.9 Å². The predicted octanol–water partition coefficient (Wildman–Crippen LogP) is 13.9. The van der Waals surface area contributed by atoms with Crippen LogP contribution in [-0.2, 0) is 14.4 Å². The number of urea groups is 3. The number of allylic oxidation sites excluding steroid dienone is 3. The Morgan fingerprint density at radius 1 is 0.556 bits per heavy atom. The zero-order chi connectivity index (χ0) is 62.1. The van der Waals surface area contributed by atoms with E-state index in [9.17, 15) is 33.9 Å². The van der Waals surface area contributed by atoms with Gasteiger partial charge in [0.25, 0.3) is 16.6 Å². The van der Waals surface area contributed by atoms with Crippen LogP contribution in [0.3, 0.4) is 0 Å². The molecule has 6 amide bonds. The number of hydrogen-bond acceptors (Lipinski definition) is 12. The molecule has 3 atom stereocenters. The van der Waals surface area contributed by atoms with Crippen LogP contribution < -0.4 is 33.7 Å². The van der Waals surface area contributed by atoms with Crippen LogP contribution in [0.2, 0.25) is 36.3 Å². The molecule has 0 radical (unpaired) electrons. The highest BCUT2D eigenvalue weighted by Gasteiger charge is 2.43. The first-order valence-electron chi connectivity index (χ1n) is 26.1. The Morgan fingerprint density at radius 2 is 0.889 bits per heavy atom. The van der Waals surface area contributed by atoms with Crippen LogP contribution in [0.1, 0.15) is 118 Å². The summed E-state index contributed by atoms with van der Waals surface area (Å²) in [5, 5.41) is 15.5. The van der Waals surface area contributed by atoms with E-state index in [1.54, 1.807) is 80.2 Å². The van der Waals surface area contributed by atoms with Crippen LogP contribution in [-0.4, -0.2) is 126 Å². The normalized spacial score (nSPS) is 18.1. The summed E-state index contributed by atoms with van der Waals surface area (Å²) in [6, 6.07) is 8.48. The molecule has 3 N–H and O–H groups in total. The molecule has 3 aromatic rings. The first kappa shape index (κ1) is 67.9. The van der Waals surface area contributed by atoms with Crippen molar-refractivity contribution in [1.29, 1.82) is 0 Å². The fourth-order valence-electron chi connectivity index (χ4n) is 8.94. The third kappa shape index (κ3) is 14.4. The molecule has 81 heavy (non-hydrogen) atoms. The number of nitrogens with one attached hydrogen (secondary N) is 2. The molecule has 6 rings (SSSR count). The molecule has 0 bridgehead atoms. The number of Topliss-reactive ketones (excluding diaryl/α,β-unsaturated/α-hetero) is 3. The molecule has 0 aromatic heterocycles. The van der Waals surface area contributed by atoms with Gasteiger partial charge in [-0.3, -0.25) is 14.4 Å². The molecular weight excluding hydrogens is 1270 g/mol. The van der Waals surface area contributed by atoms with E-state index in [0.717, 1.165) is 20.1 Å². The van der Waals surface area contributed by atoms with Crippen LogP contribution in [0.15, 0.2) is 83.6 Å². The lowest BCUT2D eigenvalue weighted by Crippen LogP contribution is -2.46. The van der Waals surface area contributed by atoms with E-state index in [2.05, 4.69) is 126 Å². The van der Waals surface area contributed by atoms with Crippen LogP contribution >= 0.6 is 47.8 Å². The summed E-state index contributed by atoms with van der Waals surface area (Å²) in [6.07, 6.45) is 0.